The Bertz CT molecular complexity index is 1600. The summed E-state index contributed by atoms with van der Waals surface area (Å²) in [5, 5.41) is 35.4. The minimum absolute atomic E-state index is 0.000543. The first kappa shape index (κ1) is 28.2. The van der Waals surface area contributed by atoms with E-state index < -0.39 is 35.7 Å². The third-order valence-corrected chi connectivity index (χ3v) is 9.35. The van der Waals surface area contributed by atoms with Gasteiger partial charge in [0, 0.05) is 42.5 Å². The number of amides is 1. The van der Waals surface area contributed by atoms with Crippen molar-refractivity contribution in [2.75, 3.05) is 36.8 Å². The molecule has 6 rings (SSSR count). The molecule has 1 aliphatic carbocycles. The number of β-lactam (4-membered cyclic amide) rings is 1. The Morgan fingerprint density at radius 2 is 1.90 bits per heavy atom. The number of carboxylic acids is 2. The molecule has 0 spiro atoms. The van der Waals surface area contributed by atoms with E-state index in [1.165, 1.54) is 35.7 Å². The van der Waals surface area contributed by atoms with Crippen LogP contribution in [0.15, 0.2) is 45.6 Å². The monoisotopic (exact) mass is 599 g/mol. The molecule has 3 N–H and O–H groups in total. The Hall–Kier alpha value is -3.91. The SMILES string of the molecule is C[C@@H](O)[C@@H]1C(=O)N2C(C(=O)O)=C(CSC=NN3CCN(c4cc5c(cc4F)c(=O)ccn5C4CC4C(=O)O)CC3)C[C@H]12. The topological polar surface area (TPSA) is 156 Å². The van der Waals surface area contributed by atoms with Gasteiger partial charge in [0.1, 0.15) is 11.5 Å². The quantitative estimate of drug-likeness (QED) is 0.220. The van der Waals surface area contributed by atoms with Crippen LogP contribution in [0.25, 0.3) is 10.9 Å². The van der Waals surface area contributed by atoms with Crippen LogP contribution in [-0.4, -0.2) is 97.3 Å². The lowest BCUT2D eigenvalue weighted by Gasteiger charge is -2.44. The molecule has 2 unspecified atom stereocenters. The Kier molecular flexibility index (Phi) is 7.21. The summed E-state index contributed by atoms with van der Waals surface area (Å²) in [6, 6.07) is 3.60. The van der Waals surface area contributed by atoms with Crippen molar-refractivity contribution in [2.45, 2.75) is 38.0 Å². The number of thioether (sulfide) groups is 1. The number of halogens is 1. The first-order chi connectivity index (χ1) is 20.1. The van der Waals surface area contributed by atoms with Gasteiger partial charge in [-0.15, -0.1) is 11.8 Å². The predicted molar refractivity (Wildman–Crippen MR) is 153 cm³/mol. The third kappa shape index (κ3) is 4.81. The van der Waals surface area contributed by atoms with Crippen molar-refractivity contribution < 1.29 is 34.1 Å². The van der Waals surface area contributed by atoms with Gasteiger partial charge in [0.05, 0.1) is 53.8 Å². The molecule has 3 fully saturated rings. The average Bonchev–Trinajstić information content (AvgIpc) is 3.67. The molecule has 2 saturated heterocycles. The zero-order valence-corrected chi connectivity index (χ0v) is 23.5. The van der Waals surface area contributed by atoms with E-state index in [1.807, 2.05) is 9.91 Å². The number of carbonyl (C=O) groups excluding carboxylic acids is 1. The molecule has 42 heavy (non-hydrogen) atoms. The summed E-state index contributed by atoms with van der Waals surface area (Å²) < 4.78 is 16.9. The molecular weight excluding hydrogens is 569 g/mol. The predicted octanol–water partition coefficient (Wildman–Crippen LogP) is 1.53. The zero-order chi connectivity index (χ0) is 29.9. The molecule has 4 heterocycles. The summed E-state index contributed by atoms with van der Waals surface area (Å²) in [6.07, 6.45) is 1.61. The van der Waals surface area contributed by atoms with Crippen LogP contribution in [0.1, 0.15) is 25.8 Å². The van der Waals surface area contributed by atoms with Crippen molar-refractivity contribution >= 4 is 51.7 Å². The van der Waals surface area contributed by atoms with E-state index in [1.54, 1.807) is 22.4 Å². The number of benzene rings is 1. The summed E-state index contributed by atoms with van der Waals surface area (Å²) in [5.41, 5.74) is 2.80. The number of nitrogens with zero attached hydrogens (tertiary/aromatic N) is 5. The van der Waals surface area contributed by atoms with Crippen molar-refractivity contribution in [3.05, 3.63) is 51.7 Å². The largest absolute Gasteiger partial charge is 0.481 e. The minimum atomic E-state index is -1.16. The number of rotatable bonds is 9. The van der Waals surface area contributed by atoms with Crippen molar-refractivity contribution in [3.63, 3.8) is 0 Å². The Morgan fingerprint density at radius 3 is 2.55 bits per heavy atom. The minimum Gasteiger partial charge on any atom is -0.481 e. The number of fused-ring (bicyclic) bond motifs is 2. The molecule has 14 heteroatoms. The first-order valence-corrected chi connectivity index (χ1v) is 14.8. The fourth-order valence-corrected chi connectivity index (χ4v) is 7.08. The van der Waals surface area contributed by atoms with E-state index in [-0.39, 0.29) is 34.5 Å². The van der Waals surface area contributed by atoms with Gasteiger partial charge in [-0.1, -0.05) is 0 Å². The molecule has 1 amide bonds. The number of anilines is 1. The highest BCUT2D eigenvalue weighted by Gasteiger charge is 2.56. The van der Waals surface area contributed by atoms with Crippen LogP contribution in [0, 0.1) is 17.7 Å². The smallest absolute Gasteiger partial charge is 0.352 e. The standard InChI is InChI=1S/C28H30FN5O7S/c1-14(35)24-22-8-15(25(28(40)41)34(22)26(24)37)12-42-13-30-32-6-4-31(5-7-32)21-11-20-16(9-18(21)29)23(36)2-3-33(20)19-10-17(19)27(38)39/h2-3,9,11,13-14,17,19,22,24,35H,4-8,10,12H2,1H3,(H,38,39)(H,40,41)/t14-,17?,19?,22-,24+/m1/s1. The molecule has 3 aliphatic heterocycles. The fraction of sp³-hybridized carbons (Fsp3) is 0.464. The fourth-order valence-electron chi connectivity index (χ4n) is 6.35. The second kappa shape index (κ2) is 10.7. The average molecular weight is 600 g/mol. The van der Waals surface area contributed by atoms with Gasteiger partial charge in [0.2, 0.25) is 5.91 Å². The second-order valence-corrected chi connectivity index (χ2v) is 12.0. The molecule has 0 bridgehead atoms. The van der Waals surface area contributed by atoms with Crippen LogP contribution >= 0.6 is 11.8 Å². The lowest BCUT2D eigenvalue weighted by atomic mass is 9.83. The first-order valence-electron chi connectivity index (χ1n) is 13.7. The van der Waals surface area contributed by atoms with Gasteiger partial charge in [-0.05, 0) is 37.5 Å². The molecule has 1 saturated carbocycles. The number of aromatic nitrogens is 1. The number of aliphatic carboxylic acids is 2. The van der Waals surface area contributed by atoms with Gasteiger partial charge >= 0.3 is 11.9 Å². The molecule has 4 aliphatic rings. The lowest BCUT2D eigenvalue weighted by Crippen LogP contribution is -2.61. The van der Waals surface area contributed by atoms with E-state index in [9.17, 15) is 34.5 Å². The number of hydrogen-bond donors (Lipinski definition) is 3. The van der Waals surface area contributed by atoms with Gasteiger partial charge in [0.15, 0.2) is 5.43 Å². The van der Waals surface area contributed by atoms with Crippen molar-refractivity contribution in [1.29, 1.82) is 0 Å². The lowest BCUT2D eigenvalue weighted by molar-refractivity contribution is -0.161. The summed E-state index contributed by atoms with van der Waals surface area (Å²) in [4.78, 5) is 51.2. The Morgan fingerprint density at radius 1 is 1.17 bits per heavy atom. The molecular formula is C28H30FN5O7S. The summed E-state index contributed by atoms with van der Waals surface area (Å²) in [7, 11) is 0. The van der Waals surface area contributed by atoms with Crippen LogP contribution < -0.4 is 10.3 Å². The number of carboxylic acid groups (broad SMARTS) is 2. The highest BCUT2D eigenvalue weighted by atomic mass is 32.2. The van der Waals surface area contributed by atoms with Crippen molar-refractivity contribution in [2.24, 2.45) is 16.9 Å². The highest BCUT2D eigenvalue weighted by Crippen LogP contribution is 2.45. The van der Waals surface area contributed by atoms with E-state index in [4.69, 9.17) is 0 Å². The summed E-state index contributed by atoms with van der Waals surface area (Å²) in [6.45, 7) is 3.48. The molecule has 1 aromatic heterocycles. The van der Waals surface area contributed by atoms with Gasteiger partial charge in [-0.25, -0.2) is 9.18 Å². The second-order valence-electron chi connectivity index (χ2n) is 11.1. The molecule has 1 aromatic carbocycles. The van der Waals surface area contributed by atoms with Crippen molar-refractivity contribution in [1.82, 2.24) is 14.5 Å². The maximum Gasteiger partial charge on any atom is 0.352 e. The Balaban J connectivity index is 1.08. The maximum absolute atomic E-state index is 15.2. The van der Waals surface area contributed by atoms with Gasteiger partial charge < -0.3 is 29.7 Å². The van der Waals surface area contributed by atoms with Gasteiger partial charge in [0.25, 0.3) is 0 Å². The van der Waals surface area contributed by atoms with Crippen LogP contribution in [-0.2, 0) is 14.4 Å². The maximum atomic E-state index is 15.2. The zero-order valence-electron chi connectivity index (χ0n) is 22.7. The molecule has 222 valence electrons. The molecule has 12 nitrogen and oxygen atoms in total. The number of pyridine rings is 1. The van der Waals surface area contributed by atoms with E-state index >= 15 is 4.39 Å². The van der Waals surface area contributed by atoms with Gasteiger partial charge in [-0.2, -0.15) is 5.10 Å². The molecule has 5 atom stereocenters. The van der Waals surface area contributed by atoms with Crippen LogP contribution in [0.4, 0.5) is 10.1 Å². The third-order valence-electron chi connectivity index (χ3n) is 8.59. The van der Waals surface area contributed by atoms with E-state index in [0.29, 0.717) is 61.6 Å². The number of hydrogen-bond acceptors (Lipinski definition) is 9. The Labute approximate surface area is 243 Å². The van der Waals surface area contributed by atoms with E-state index in [2.05, 4.69) is 5.10 Å². The summed E-state index contributed by atoms with van der Waals surface area (Å²) in [5.74, 6) is -3.68. The van der Waals surface area contributed by atoms with Crippen molar-refractivity contribution in [3.8, 4) is 0 Å². The number of hydrazone groups is 1. The number of carbonyl (C=O) groups is 3. The number of aliphatic hydroxyl groups excluding tert-OH is 1. The van der Waals surface area contributed by atoms with Crippen LogP contribution in [0.3, 0.4) is 0 Å². The van der Waals surface area contributed by atoms with E-state index in [0.717, 1.165) is 0 Å². The summed E-state index contributed by atoms with van der Waals surface area (Å²) >= 11 is 1.32. The number of piperazine rings is 1. The molecule has 2 aromatic rings. The van der Waals surface area contributed by atoms with Crippen LogP contribution in [0.5, 0.6) is 0 Å². The van der Waals surface area contributed by atoms with Crippen LogP contribution in [0.2, 0.25) is 0 Å². The molecule has 0 radical (unpaired) electrons. The highest BCUT2D eigenvalue weighted by molar-refractivity contribution is 8.12. The normalized spacial score (nSPS) is 26.2. The number of aliphatic hydroxyl groups is 1. The van der Waals surface area contributed by atoms with Gasteiger partial charge in [-0.3, -0.25) is 19.4 Å².